The molecule has 0 radical (unpaired) electrons. The highest BCUT2D eigenvalue weighted by atomic mass is 16.4. The Hall–Kier alpha value is -2.98. The van der Waals surface area contributed by atoms with E-state index in [2.05, 4.69) is 16.0 Å². The highest BCUT2D eigenvalue weighted by Gasteiger charge is 2.25. The van der Waals surface area contributed by atoms with Crippen molar-refractivity contribution in [2.45, 2.75) is 51.6 Å². The normalized spacial score (nSPS) is 12.4. The number of rotatable bonds is 12. The molecule has 0 aliphatic rings. The lowest BCUT2D eigenvalue weighted by Crippen LogP contribution is -2.54. The monoisotopic (exact) mass is 372 g/mol. The molecule has 146 valence electrons. The quantitative estimate of drug-likeness (QED) is 0.257. The third kappa shape index (κ3) is 10.7. The van der Waals surface area contributed by atoms with E-state index in [0.717, 1.165) is 0 Å². The first-order valence-corrected chi connectivity index (χ1v) is 7.90. The van der Waals surface area contributed by atoms with Crippen molar-refractivity contribution in [3.63, 3.8) is 0 Å². The summed E-state index contributed by atoms with van der Waals surface area (Å²) < 4.78 is 0. The second-order valence-corrected chi connectivity index (χ2v) is 5.69. The van der Waals surface area contributed by atoms with Crippen molar-refractivity contribution in [1.82, 2.24) is 16.0 Å². The summed E-state index contributed by atoms with van der Waals surface area (Å²) in [5, 5.41) is 15.4. The van der Waals surface area contributed by atoms with Gasteiger partial charge in [0.2, 0.25) is 23.6 Å². The molecule has 0 aromatic carbocycles. The first-order valence-electron chi connectivity index (χ1n) is 7.90. The Kier molecular flexibility index (Phi) is 10.2. The van der Waals surface area contributed by atoms with Crippen LogP contribution in [-0.4, -0.2) is 59.1 Å². The molecule has 0 spiro atoms. The highest BCUT2D eigenvalue weighted by Crippen LogP contribution is 1.99. The average molecular weight is 372 g/mol. The second kappa shape index (κ2) is 11.6. The van der Waals surface area contributed by atoms with Crippen LogP contribution in [0.2, 0.25) is 0 Å². The van der Waals surface area contributed by atoms with Crippen LogP contribution in [0.5, 0.6) is 0 Å². The van der Waals surface area contributed by atoms with Crippen LogP contribution in [0.1, 0.15) is 39.5 Å². The SMILES string of the molecule is CC(=O)CNC(=O)[C@H](C)NC(=O)[C@H](CC(N)=O)NC(=O)CCCC(=O)O. The van der Waals surface area contributed by atoms with Gasteiger partial charge in [0.25, 0.3) is 0 Å². The van der Waals surface area contributed by atoms with Crippen molar-refractivity contribution in [3.8, 4) is 0 Å². The Morgan fingerprint density at radius 1 is 1.00 bits per heavy atom. The summed E-state index contributed by atoms with van der Waals surface area (Å²) in [5.41, 5.74) is 5.05. The Labute approximate surface area is 150 Å². The summed E-state index contributed by atoms with van der Waals surface area (Å²) in [5.74, 6) is -4.21. The van der Waals surface area contributed by atoms with E-state index in [-0.39, 0.29) is 31.6 Å². The van der Waals surface area contributed by atoms with Crippen molar-refractivity contribution in [2.24, 2.45) is 5.73 Å². The number of Topliss-reactive ketones (excluding diaryl/α,β-unsaturated/α-hetero) is 1. The topological polar surface area (TPSA) is 185 Å². The standard InChI is InChI=1S/C15H24N4O7/c1-8(20)7-17-14(25)9(2)18-15(26)10(6-11(16)21)19-12(22)4-3-5-13(23)24/h9-10H,3-7H2,1-2H3,(H2,16,21)(H,17,25)(H,18,26)(H,19,22)(H,23,24)/t9-,10-/m0/s1. The Morgan fingerprint density at radius 3 is 2.12 bits per heavy atom. The zero-order chi connectivity index (χ0) is 20.3. The van der Waals surface area contributed by atoms with E-state index in [9.17, 15) is 28.8 Å². The molecule has 0 unspecified atom stereocenters. The molecule has 0 heterocycles. The van der Waals surface area contributed by atoms with E-state index in [1.54, 1.807) is 0 Å². The summed E-state index contributed by atoms with van der Waals surface area (Å²) in [6.45, 7) is 2.46. The molecule has 0 fully saturated rings. The maximum atomic E-state index is 12.2. The first-order chi connectivity index (χ1) is 12.0. The number of amides is 4. The van der Waals surface area contributed by atoms with E-state index in [1.165, 1.54) is 13.8 Å². The van der Waals surface area contributed by atoms with Gasteiger partial charge in [0.1, 0.15) is 17.9 Å². The summed E-state index contributed by atoms with van der Waals surface area (Å²) >= 11 is 0. The number of aliphatic carboxylic acids is 1. The molecule has 0 aliphatic heterocycles. The summed E-state index contributed by atoms with van der Waals surface area (Å²) in [4.78, 5) is 68.0. The molecule has 0 aliphatic carbocycles. The molecule has 6 N–H and O–H groups in total. The van der Waals surface area contributed by atoms with E-state index < -0.39 is 48.1 Å². The summed E-state index contributed by atoms with van der Waals surface area (Å²) in [6, 6.07) is -2.31. The number of hydrogen-bond donors (Lipinski definition) is 5. The van der Waals surface area contributed by atoms with Crippen LogP contribution in [0.4, 0.5) is 0 Å². The molecule has 0 rings (SSSR count). The molecule has 2 atom stereocenters. The number of ketones is 1. The molecule has 11 heteroatoms. The van der Waals surface area contributed by atoms with Crippen molar-refractivity contribution in [2.75, 3.05) is 6.54 Å². The Morgan fingerprint density at radius 2 is 1.62 bits per heavy atom. The van der Waals surface area contributed by atoms with Gasteiger partial charge >= 0.3 is 5.97 Å². The Balaban J connectivity index is 4.69. The van der Waals surface area contributed by atoms with Gasteiger partial charge < -0.3 is 26.8 Å². The number of carbonyl (C=O) groups excluding carboxylic acids is 5. The third-order valence-corrected chi connectivity index (χ3v) is 3.12. The fourth-order valence-electron chi connectivity index (χ4n) is 1.82. The second-order valence-electron chi connectivity index (χ2n) is 5.69. The van der Waals surface area contributed by atoms with Gasteiger partial charge in [-0.05, 0) is 20.3 Å². The first kappa shape index (κ1) is 23.0. The summed E-state index contributed by atoms with van der Waals surface area (Å²) in [7, 11) is 0. The van der Waals surface area contributed by atoms with Gasteiger partial charge in [-0.15, -0.1) is 0 Å². The molecule has 0 saturated carbocycles. The van der Waals surface area contributed by atoms with E-state index in [4.69, 9.17) is 10.8 Å². The average Bonchev–Trinajstić information content (AvgIpc) is 2.50. The number of carbonyl (C=O) groups is 6. The number of nitrogens with one attached hydrogen (secondary N) is 3. The van der Waals surface area contributed by atoms with E-state index in [0.29, 0.717) is 0 Å². The smallest absolute Gasteiger partial charge is 0.303 e. The molecule has 0 aromatic heterocycles. The zero-order valence-corrected chi connectivity index (χ0v) is 14.7. The molecule has 0 aromatic rings. The van der Waals surface area contributed by atoms with Crippen LogP contribution < -0.4 is 21.7 Å². The number of carboxylic acid groups (broad SMARTS) is 1. The van der Waals surface area contributed by atoms with Crippen molar-refractivity contribution >= 4 is 35.4 Å². The van der Waals surface area contributed by atoms with Crippen molar-refractivity contribution in [3.05, 3.63) is 0 Å². The van der Waals surface area contributed by atoms with Crippen LogP contribution in [0.15, 0.2) is 0 Å². The molecule has 26 heavy (non-hydrogen) atoms. The lowest BCUT2D eigenvalue weighted by molar-refractivity contribution is -0.137. The number of carboxylic acids is 1. The largest absolute Gasteiger partial charge is 0.481 e. The maximum Gasteiger partial charge on any atom is 0.303 e. The predicted octanol–water partition coefficient (Wildman–Crippen LogP) is -2.19. The van der Waals surface area contributed by atoms with Gasteiger partial charge in [0, 0.05) is 12.8 Å². The maximum absolute atomic E-state index is 12.2. The van der Waals surface area contributed by atoms with Crippen LogP contribution in [0, 0.1) is 0 Å². The fourth-order valence-corrected chi connectivity index (χ4v) is 1.82. The van der Waals surface area contributed by atoms with Crippen LogP contribution in [-0.2, 0) is 28.8 Å². The van der Waals surface area contributed by atoms with E-state index >= 15 is 0 Å². The molecular formula is C15H24N4O7. The van der Waals surface area contributed by atoms with Crippen LogP contribution >= 0.6 is 0 Å². The third-order valence-electron chi connectivity index (χ3n) is 3.12. The van der Waals surface area contributed by atoms with Gasteiger partial charge in [0.15, 0.2) is 0 Å². The van der Waals surface area contributed by atoms with Crippen LogP contribution in [0.25, 0.3) is 0 Å². The molecule has 11 nitrogen and oxygen atoms in total. The van der Waals surface area contributed by atoms with Gasteiger partial charge in [-0.2, -0.15) is 0 Å². The van der Waals surface area contributed by atoms with Gasteiger partial charge in [0.05, 0.1) is 13.0 Å². The number of hydrogen-bond acceptors (Lipinski definition) is 6. The number of primary amides is 1. The minimum absolute atomic E-state index is 0.0654. The molecular weight excluding hydrogens is 348 g/mol. The molecule has 4 amide bonds. The molecule has 0 bridgehead atoms. The predicted molar refractivity (Wildman–Crippen MR) is 88.5 cm³/mol. The fraction of sp³-hybridized carbons (Fsp3) is 0.600. The number of nitrogens with two attached hydrogens (primary N) is 1. The van der Waals surface area contributed by atoms with Crippen LogP contribution in [0.3, 0.4) is 0 Å². The summed E-state index contributed by atoms with van der Waals surface area (Å²) in [6.07, 6.45) is -0.787. The molecule has 0 saturated heterocycles. The minimum atomic E-state index is -1.30. The van der Waals surface area contributed by atoms with Gasteiger partial charge in [-0.3, -0.25) is 28.8 Å². The Bertz CT molecular complexity index is 576. The van der Waals surface area contributed by atoms with Crippen molar-refractivity contribution in [1.29, 1.82) is 0 Å². The minimum Gasteiger partial charge on any atom is -0.481 e. The van der Waals surface area contributed by atoms with Crippen molar-refractivity contribution < 1.29 is 33.9 Å². The van der Waals surface area contributed by atoms with Gasteiger partial charge in [-0.1, -0.05) is 0 Å². The zero-order valence-electron chi connectivity index (χ0n) is 14.7. The van der Waals surface area contributed by atoms with Gasteiger partial charge in [-0.25, -0.2) is 0 Å². The lowest BCUT2D eigenvalue weighted by Gasteiger charge is -2.20. The lowest BCUT2D eigenvalue weighted by atomic mass is 10.1. The van der Waals surface area contributed by atoms with E-state index in [1.807, 2.05) is 0 Å². The highest BCUT2D eigenvalue weighted by molar-refractivity contribution is 5.95.